The fourth-order valence-electron chi connectivity index (χ4n) is 6.09. The predicted octanol–water partition coefficient (Wildman–Crippen LogP) is 2.70. The van der Waals surface area contributed by atoms with E-state index in [-0.39, 0.29) is 50.6 Å². The van der Waals surface area contributed by atoms with Gasteiger partial charge in [0.25, 0.3) is 0 Å². The molecule has 2 atom stereocenters. The molecular weight excluding hydrogens is 536 g/mol. The van der Waals surface area contributed by atoms with Crippen LogP contribution >= 0.6 is 0 Å². The largest absolute Gasteiger partial charge is 0.445 e. The van der Waals surface area contributed by atoms with Crippen LogP contribution in [0.2, 0.25) is 0 Å². The van der Waals surface area contributed by atoms with Crippen LogP contribution in [0, 0.1) is 18.3 Å². The fourth-order valence-corrected chi connectivity index (χ4v) is 6.09. The molecule has 5 amide bonds. The van der Waals surface area contributed by atoms with Crippen molar-refractivity contribution in [2.24, 2.45) is 5.92 Å². The highest BCUT2D eigenvalue weighted by molar-refractivity contribution is 5.91. The van der Waals surface area contributed by atoms with Gasteiger partial charge in [-0.2, -0.15) is 5.01 Å². The van der Waals surface area contributed by atoms with Gasteiger partial charge >= 0.3 is 12.1 Å². The van der Waals surface area contributed by atoms with E-state index in [0.717, 1.165) is 31.2 Å². The Balaban J connectivity index is 1.55. The van der Waals surface area contributed by atoms with E-state index in [1.807, 2.05) is 35.2 Å². The van der Waals surface area contributed by atoms with Crippen molar-refractivity contribution < 1.29 is 23.9 Å². The summed E-state index contributed by atoms with van der Waals surface area (Å²) in [5, 5.41) is 8.77. The molecule has 3 aliphatic rings. The molecule has 1 aromatic carbocycles. The van der Waals surface area contributed by atoms with Crippen molar-refractivity contribution in [1.82, 2.24) is 30.5 Å². The number of terminal acetylenes is 1. The number of hydrogen-bond acceptors (Lipinski definition) is 6. The highest BCUT2D eigenvalue weighted by Crippen LogP contribution is 2.31. The normalized spacial score (nSPS) is 21.4. The molecule has 1 saturated carbocycles. The lowest BCUT2D eigenvalue weighted by Gasteiger charge is -2.55. The lowest BCUT2D eigenvalue weighted by molar-refractivity contribution is -0.189. The Bertz CT molecular complexity index is 1150. The molecule has 42 heavy (non-hydrogen) atoms. The zero-order chi connectivity index (χ0) is 29.9. The van der Waals surface area contributed by atoms with Crippen molar-refractivity contribution in [3.63, 3.8) is 0 Å². The lowest BCUT2D eigenvalue weighted by atomic mass is 9.88. The maximum absolute atomic E-state index is 13.9. The number of carbonyl (C=O) groups excluding carboxylic acids is 4. The van der Waals surface area contributed by atoms with Gasteiger partial charge in [0, 0.05) is 19.6 Å². The summed E-state index contributed by atoms with van der Waals surface area (Å²) in [4.78, 5) is 56.4. The van der Waals surface area contributed by atoms with E-state index in [9.17, 15) is 19.2 Å². The number of rotatable bonds is 11. The topological polar surface area (TPSA) is 115 Å². The molecule has 3 fully saturated rings. The maximum Gasteiger partial charge on any atom is 0.407 e. The van der Waals surface area contributed by atoms with Crippen LogP contribution in [0.25, 0.3) is 0 Å². The second-order valence-electron chi connectivity index (χ2n) is 11.0. The first-order chi connectivity index (χ1) is 20.4. The minimum Gasteiger partial charge on any atom is -0.445 e. The van der Waals surface area contributed by atoms with Gasteiger partial charge < -0.3 is 25.2 Å². The number of carbonyl (C=O) groups is 4. The van der Waals surface area contributed by atoms with Gasteiger partial charge in [0.1, 0.15) is 18.8 Å². The number of benzene rings is 1. The third kappa shape index (κ3) is 7.82. The summed E-state index contributed by atoms with van der Waals surface area (Å²) in [6, 6.07) is 8.43. The smallest absolute Gasteiger partial charge is 0.407 e. The van der Waals surface area contributed by atoms with Crippen molar-refractivity contribution in [3.8, 4) is 12.3 Å². The monoisotopic (exact) mass is 578 g/mol. The van der Waals surface area contributed by atoms with E-state index in [1.54, 1.807) is 9.91 Å². The third-order valence-corrected chi connectivity index (χ3v) is 8.06. The number of hydrazine groups is 1. The lowest BCUT2D eigenvalue weighted by Crippen LogP contribution is -2.76. The van der Waals surface area contributed by atoms with Gasteiger partial charge in [-0.15, -0.1) is 6.42 Å². The van der Waals surface area contributed by atoms with E-state index in [1.165, 1.54) is 17.5 Å². The zero-order valence-electron chi connectivity index (χ0n) is 24.2. The summed E-state index contributed by atoms with van der Waals surface area (Å²) in [5.74, 6) is 2.59. The molecule has 0 unspecified atom stereocenters. The van der Waals surface area contributed by atoms with Crippen LogP contribution in [0.1, 0.15) is 50.5 Å². The molecule has 2 saturated heterocycles. The first-order valence-electron chi connectivity index (χ1n) is 14.8. The number of piperazine rings is 1. The number of nitrogens with zero attached hydrogens (tertiary/aromatic N) is 4. The first-order valence-corrected chi connectivity index (χ1v) is 14.8. The molecule has 226 valence electrons. The van der Waals surface area contributed by atoms with Gasteiger partial charge in [0.2, 0.25) is 11.8 Å². The fraction of sp³-hybridized carbons (Fsp3) is 0.548. The van der Waals surface area contributed by atoms with E-state index in [4.69, 9.17) is 11.2 Å². The van der Waals surface area contributed by atoms with Crippen molar-refractivity contribution in [2.75, 3.05) is 39.3 Å². The van der Waals surface area contributed by atoms with E-state index in [0.29, 0.717) is 31.8 Å². The van der Waals surface area contributed by atoms with Crippen LogP contribution in [-0.2, 0) is 20.9 Å². The number of nitrogens with one attached hydrogen (secondary N) is 2. The maximum atomic E-state index is 13.9. The van der Waals surface area contributed by atoms with Crippen LogP contribution in [-0.4, -0.2) is 95.3 Å². The number of urea groups is 1. The van der Waals surface area contributed by atoms with Gasteiger partial charge in [0.15, 0.2) is 0 Å². The number of ether oxygens (including phenoxy) is 1. The van der Waals surface area contributed by atoms with Crippen LogP contribution in [0.15, 0.2) is 43.0 Å². The Morgan fingerprint density at radius 2 is 1.88 bits per heavy atom. The molecule has 0 radical (unpaired) electrons. The predicted molar refractivity (Wildman–Crippen MR) is 157 cm³/mol. The molecule has 2 heterocycles. The van der Waals surface area contributed by atoms with Crippen LogP contribution in [0.5, 0.6) is 0 Å². The molecule has 2 N–H and O–H groups in total. The van der Waals surface area contributed by atoms with Crippen molar-refractivity contribution in [3.05, 3.63) is 48.6 Å². The minimum atomic E-state index is -0.761. The molecule has 1 aliphatic carbocycles. The molecule has 0 spiro atoms. The van der Waals surface area contributed by atoms with E-state index < -0.39 is 18.3 Å². The van der Waals surface area contributed by atoms with Gasteiger partial charge in [-0.25, -0.2) is 14.6 Å². The highest BCUT2D eigenvalue weighted by Gasteiger charge is 2.51. The average molecular weight is 579 g/mol. The summed E-state index contributed by atoms with van der Waals surface area (Å²) in [7, 11) is 0. The second kappa shape index (κ2) is 15.3. The van der Waals surface area contributed by atoms with Crippen LogP contribution in [0.3, 0.4) is 0 Å². The van der Waals surface area contributed by atoms with Crippen LogP contribution in [0.4, 0.5) is 9.59 Å². The summed E-state index contributed by atoms with van der Waals surface area (Å²) < 4.78 is 4.96. The number of alkyl carbamates (subject to hydrolysis) is 1. The quantitative estimate of drug-likeness (QED) is 0.237. The van der Waals surface area contributed by atoms with Crippen LogP contribution < -0.4 is 10.6 Å². The summed E-state index contributed by atoms with van der Waals surface area (Å²) >= 11 is 0. The summed E-state index contributed by atoms with van der Waals surface area (Å²) in [6.07, 6.45) is 12.2. The summed E-state index contributed by atoms with van der Waals surface area (Å²) in [5.41, 5.74) is 0.939. The number of fused-ring (bicyclic) bond motifs is 1. The first kappa shape index (κ1) is 30.9. The van der Waals surface area contributed by atoms with Crippen molar-refractivity contribution >= 4 is 23.9 Å². The Morgan fingerprint density at radius 1 is 1.12 bits per heavy atom. The Labute approximate surface area is 248 Å². The van der Waals surface area contributed by atoms with Crippen molar-refractivity contribution in [1.29, 1.82) is 0 Å². The molecule has 4 rings (SSSR count). The van der Waals surface area contributed by atoms with Gasteiger partial charge in [0.05, 0.1) is 19.6 Å². The molecule has 0 bridgehead atoms. The van der Waals surface area contributed by atoms with Crippen molar-refractivity contribution in [2.45, 2.75) is 63.7 Å². The molecule has 1 aromatic rings. The zero-order valence-corrected chi connectivity index (χ0v) is 24.2. The van der Waals surface area contributed by atoms with Gasteiger partial charge in [-0.05, 0) is 37.2 Å². The Morgan fingerprint density at radius 3 is 2.60 bits per heavy atom. The molecule has 0 aromatic heterocycles. The molecule has 11 heteroatoms. The molecule has 2 aliphatic heterocycles. The van der Waals surface area contributed by atoms with Gasteiger partial charge in [-0.3, -0.25) is 9.59 Å². The van der Waals surface area contributed by atoms with E-state index >= 15 is 0 Å². The third-order valence-electron chi connectivity index (χ3n) is 8.06. The SMILES string of the molecule is C#CCN1CC(=O)N2[C@@H](CCCNC(=O)OCC=C)C(=O)N(CC3CCCCC3)C[C@@H]2N1C(=O)NCc1ccccc1. The summed E-state index contributed by atoms with van der Waals surface area (Å²) in [6.45, 7) is 4.98. The minimum absolute atomic E-state index is 0.0762. The number of hydrogen-bond donors (Lipinski definition) is 2. The molecular formula is C31H42N6O5. The average Bonchev–Trinajstić information content (AvgIpc) is 3.00. The number of amides is 5. The molecule has 11 nitrogen and oxygen atoms in total. The second-order valence-corrected chi connectivity index (χ2v) is 11.0. The highest BCUT2D eigenvalue weighted by atomic mass is 16.5. The Hall–Kier alpha value is -4.04. The standard InChI is InChI=1S/C31H42N6O5/c1-3-18-35-23-28(38)36-26(16-11-17-32-31(41)42-19-4-2)29(39)34(21-25-14-9-6-10-15-25)22-27(36)37(35)30(40)33-20-24-12-7-5-8-13-24/h1,4-5,7-8,12-13,25-27H,2,6,9-11,14-23H2,(H,32,41)(H,33,40)/t26-,27-/m0/s1. The van der Waals surface area contributed by atoms with Gasteiger partial charge in [-0.1, -0.05) is 68.2 Å². The Kier molecular flexibility index (Phi) is 11.2. The van der Waals surface area contributed by atoms with E-state index in [2.05, 4.69) is 23.1 Å².